The van der Waals surface area contributed by atoms with E-state index in [1.807, 2.05) is 7.05 Å². The van der Waals surface area contributed by atoms with Crippen molar-refractivity contribution in [1.29, 1.82) is 0 Å². The Morgan fingerprint density at radius 2 is 1.95 bits per heavy atom. The summed E-state index contributed by atoms with van der Waals surface area (Å²) in [5.74, 6) is 2.49. The van der Waals surface area contributed by atoms with Crippen LogP contribution in [0.1, 0.15) is 29.9 Å². The van der Waals surface area contributed by atoms with Crippen LogP contribution in [0.5, 0.6) is 0 Å². The largest absolute Gasteiger partial charge is 0.356 e. The first-order valence-corrected chi connectivity index (χ1v) is 6.89. The minimum Gasteiger partial charge on any atom is -0.356 e. The molecule has 4 heteroatoms. The Kier molecular flexibility index (Phi) is 5.07. The number of rotatable bonds is 4. The quantitative estimate of drug-likeness (QED) is 0.485. The molecule has 0 aromatic heterocycles. The zero-order valence-electron chi connectivity index (χ0n) is 11.4. The molecule has 1 unspecified atom stereocenters. The van der Waals surface area contributed by atoms with Crippen molar-refractivity contribution in [3.05, 3.63) is 35.4 Å². The Hall–Kier alpha value is -0.780. The SMILES string of the molecule is CN=C(NCC1CC1)NCC1Cc2ccccc21.I. The third-order valence-electron chi connectivity index (χ3n) is 3.96. The van der Waals surface area contributed by atoms with Crippen LogP contribution in [0.15, 0.2) is 29.3 Å². The third kappa shape index (κ3) is 3.61. The molecule has 2 aliphatic carbocycles. The van der Waals surface area contributed by atoms with Gasteiger partial charge in [0.1, 0.15) is 0 Å². The van der Waals surface area contributed by atoms with Gasteiger partial charge in [0.05, 0.1) is 0 Å². The van der Waals surface area contributed by atoms with Crippen molar-refractivity contribution in [3.63, 3.8) is 0 Å². The van der Waals surface area contributed by atoms with Crippen molar-refractivity contribution in [2.24, 2.45) is 10.9 Å². The lowest BCUT2D eigenvalue weighted by Crippen LogP contribution is -2.41. The van der Waals surface area contributed by atoms with Crippen LogP contribution in [0.25, 0.3) is 0 Å². The molecule has 1 fully saturated rings. The van der Waals surface area contributed by atoms with Gasteiger partial charge in [-0.05, 0) is 36.3 Å². The third-order valence-corrected chi connectivity index (χ3v) is 3.96. The fraction of sp³-hybridized carbons (Fsp3) is 0.533. The first kappa shape index (κ1) is 14.6. The van der Waals surface area contributed by atoms with Crippen LogP contribution in [0.4, 0.5) is 0 Å². The summed E-state index contributed by atoms with van der Waals surface area (Å²) < 4.78 is 0. The van der Waals surface area contributed by atoms with Crippen LogP contribution in [-0.2, 0) is 6.42 Å². The number of aliphatic imine (C=N–C) groups is 1. The normalized spacial score (nSPS) is 20.9. The topological polar surface area (TPSA) is 36.4 Å². The molecule has 1 atom stereocenters. The monoisotopic (exact) mass is 371 g/mol. The van der Waals surface area contributed by atoms with Crippen LogP contribution < -0.4 is 10.6 Å². The first-order valence-electron chi connectivity index (χ1n) is 6.89. The molecule has 3 rings (SSSR count). The Bertz CT molecular complexity index is 454. The summed E-state index contributed by atoms with van der Waals surface area (Å²) in [5, 5.41) is 6.83. The van der Waals surface area contributed by atoms with E-state index in [0.29, 0.717) is 5.92 Å². The first-order chi connectivity index (χ1) is 8.86. The number of hydrogen-bond donors (Lipinski definition) is 2. The molecule has 1 aromatic rings. The maximum atomic E-state index is 4.27. The summed E-state index contributed by atoms with van der Waals surface area (Å²) in [6.45, 7) is 2.06. The van der Waals surface area contributed by atoms with Crippen LogP contribution in [0.3, 0.4) is 0 Å². The van der Waals surface area contributed by atoms with Gasteiger partial charge in [0.15, 0.2) is 5.96 Å². The highest BCUT2D eigenvalue weighted by Crippen LogP contribution is 2.33. The van der Waals surface area contributed by atoms with Crippen LogP contribution in [-0.4, -0.2) is 26.1 Å². The van der Waals surface area contributed by atoms with Crippen molar-refractivity contribution in [3.8, 4) is 0 Å². The van der Waals surface area contributed by atoms with E-state index in [4.69, 9.17) is 0 Å². The Balaban J connectivity index is 0.00000133. The molecule has 0 spiro atoms. The molecule has 1 aromatic carbocycles. The Labute approximate surface area is 132 Å². The fourth-order valence-corrected chi connectivity index (χ4v) is 2.55. The molecule has 0 saturated heterocycles. The van der Waals surface area contributed by atoms with Crippen molar-refractivity contribution in [2.45, 2.75) is 25.2 Å². The molecule has 2 N–H and O–H groups in total. The van der Waals surface area contributed by atoms with Crippen molar-refractivity contribution in [1.82, 2.24) is 10.6 Å². The molecule has 0 bridgehead atoms. The van der Waals surface area contributed by atoms with Gasteiger partial charge in [0, 0.05) is 26.1 Å². The fourth-order valence-electron chi connectivity index (χ4n) is 2.55. The van der Waals surface area contributed by atoms with Gasteiger partial charge in [-0.25, -0.2) is 0 Å². The van der Waals surface area contributed by atoms with E-state index in [1.54, 1.807) is 0 Å². The molecule has 0 radical (unpaired) electrons. The van der Waals surface area contributed by atoms with Crippen molar-refractivity contribution < 1.29 is 0 Å². The van der Waals surface area contributed by atoms with E-state index in [9.17, 15) is 0 Å². The van der Waals surface area contributed by atoms with Crippen LogP contribution in [0, 0.1) is 5.92 Å². The highest BCUT2D eigenvalue weighted by Gasteiger charge is 2.25. The molecule has 19 heavy (non-hydrogen) atoms. The average Bonchev–Trinajstić information content (AvgIpc) is 3.18. The molecule has 2 aliphatic rings. The lowest BCUT2D eigenvalue weighted by molar-refractivity contribution is 0.582. The summed E-state index contributed by atoms with van der Waals surface area (Å²) >= 11 is 0. The van der Waals surface area contributed by atoms with E-state index in [0.717, 1.165) is 25.0 Å². The summed E-state index contributed by atoms with van der Waals surface area (Å²) in [6.07, 6.45) is 3.95. The van der Waals surface area contributed by atoms with E-state index < -0.39 is 0 Å². The number of fused-ring (bicyclic) bond motifs is 1. The van der Waals surface area contributed by atoms with Crippen LogP contribution in [0.2, 0.25) is 0 Å². The highest BCUT2D eigenvalue weighted by atomic mass is 127. The number of halogens is 1. The van der Waals surface area contributed by atoms with Gasteiger partial charge in [-0.3, -0.25) is 4.99 Å². The minimum absolute atomic E-state index is 0. The molecular formula is C15H22IN3. The maximum Gasteiger partial charge on any atom is 0.191 e. The molecule has 104 valence electrons. The highest BCUT2D eigenvalue weighted by molar-refractivity contribution is 14.0. The van der Waals surface area contributed by atoms with Crippen LogP contribution >= 0.6 is 24.0 Å². The Morgan fingerprint density at radius 3 is 2.63 bits per heavy atom. The average molecular weight is 371 g/mol. The number of nitrogens with one attached hydrogen (secondary N) is 2. The second kappa shape index (κ2) is 6.59. The number of hydrogen-bond acceptors (Lipinski definition) is 1. The molecule has 0 aliphatic heterocycles. The Morgan fingerprint density at radius 1 is 1.21 bits per heavy atom. The zero-order chi connectivity index (χ0) is 12.4. The number of benzene rings is 1. The summed E-state index contributed by atoms with van der Waals surface area (Å²) in [7, 11) is 1.84. The van der Waals surface area contributed by atoms with Gasteiger partial charge in [0.25, 0.3) is 0 Å². The molecule has 3 nitrogen and oxygen atoms in total. The smallest absolute Gasteiger partial charge is 0.191 e. The molecule has 0 heterocycles. The lowest BCUT2D eigenvalue weighted by atomic mass is 9.78. The molecule has 0 amide bonds. The lowest BCUT2D eigenvalue weighted by Gasteiger charge is -2.30. The predicted molar refractivity (Wildman–Crippen MR) is 90.4 cm³/mol. The number of guanidine groups is 1. The second-order valence-corrected chi connectivity index (χ2v) is 5.38. The predicted octanol–water partition coefficient (Wildman–Crippen LogP) is 2.52. The van der Waals surface area contributed by atoms with Gasteiger partial charge in [-0.1, -0.05) is 24.3 Å². The van der Waals surface area contributed by atoms with E-state index >= 15 is 0 Å². The maximum absolute atomic E-state index is 4.27. The molecular weight excluding hydrogens is 349 g/mol. The van der Waals surface area contributed by atoms with Gasteiger partial charge in [-0.15, -0.1) is 24.0 Å². The van der Waals surface area contributed by atoms with Gasteiger partial charge in [0.2, 0.25) is 0 Å². The minimum atomic E-state index is 0. The van der Waals surface area contributed by atoms with E-state index in [-0.39, 0.29) is 24.0 Å². The standard InChI is InChI=1S/C15H21N3.HI/c1-16-15(17-9-11-6-7-11)18-10-13-8-12-4-2-3-5-14(12)13;/h2-5,11,13H,6-10H2,1H3,(H2,16,17,18);1H. The van der Waals surface area contributed by atoms with Gasteiger partial charge >= 0.3 is 0 Å². The van der Waals surface area contributed by atoms with Crippen molar-refractivity contribution >= 4 is 29.9 Å². The van der Waals surface area contributed by atoms with Gasteiger partial charge in [-0.2, -0.15) is 0 Å². The van der Waals surface area contributed by atoms with E-state index in [1.165, 1.54) is 30.4 Å². The zero-order valence-corrected chi connectivity index (χ0v) is 13.7. The summed E-state index contributed by atoms with van der Waals surface area (Å²) in [5.41, 5.74) is 3.01. The molecule has 1 saturated carbocycles. The summed E-state index contributed by atoms with van der Waals surface area (Å²) in [6, 6.07) is 8.72. The number of nitrogens with zero attached hydrogens (tertiary/aromatic N) is 1. The second-order valence-electron chi connectivity index (χ2n) is 5.38. The summed E-state index contributed by atoms with van der Waals surface area (Å²) in [4.78, 5) is 4.27. The van der Waals surface area contributed by atoms with Crippen molar-refractivity contribution in [2.75, 3.05) is 20.1 Å². The van der Waals surface area contributed by atoms with E-state index in [2.05, 4.69) is 39.9 Å². The van der Waals surface area contributed by atoms with Gasteiger partial charge < -0.3 is 10.6 Å².